The van der Waals surface area contributed by atoms with E-state index in [0.29, 0.717) is 0 Å². The Morgan fingerprint density at radius 3 is 2.31 bits per heavy atom. The van der Waals surface area contributed by atoms with Crippen LogP contribution in [0.3, 0.4) is 0 Å². The highest BCUT2D eigenvalue weighted by molar-refractivity contribution is 7.92. The van der Waals surface area contributed by atoms with Crippen molar-refractivity contribution in [2.45, 2.75) is 25.3 Å². The summed E-state index contributed by atoms with van der Waals surface area (Å²) in [4.78, 5) is 17.0. The second-order valence-electron chi connectivity index (χ2n) is 8.06. The van der Waals surface area contributed by atoms with Crippen molar-refractivity contribution in [3.8, 4) is 5.69 Å². The van der Waals surface area contributed by atoms with Crippen molar-refractivity contribution in [3.05, 3.63) is 108 Å². The maximum Gasteiger partial charge on any atom is 0.264 e. The van der Waals surface area contributed by atoms with Gasteiger partial charge in [-0.05, 0) is 55.8 Å². The summed E-state index contributed by atoms with van der Waals surface area (Å²) in [5, 5.41) is 2.73. The van der Waals surface area contributed by atoms with Crippen molar-refractivity contribution in [2.24, 2.45) is 0 Å². The van der Waals surface area contributed by atoms with Gasteiger partial charge in [-0.1, -0.05) is 42.0 Å². The molecule has 4 rings (SSSR count). The number of halogens is 1. The summed E-state index contributed by atoms with van der Waals surface area (Å²) in [6.07, 6.45) is 3.58. The van der Waals surface area contributed by atoms with Gasteiger partial charge in [0.25, 0.3) is 10.0 Å². The number of nitrogens with zero attached hydrogens (tertiary/aromatic N) is 3. The van der Waals surface area contributed by atoms with Gasteiger partial charge in [0.15, 0.2) is 0 Å². The minimum absolute atomic E-state index is 0.0236. The molecule has 0 radical (unpaired) electrons. The van der Waals surface area contributed by atoms with Gasteiger partial charge in [-0.25, -0.2) is 17.8 Å². The highest BCUT2D eigenvalue weighted by Gasteiger charge is 2.29. The summed E-state index contributed by atoms with van der Waals surface area (Å²) in [6, 6.07) is 19.2. The van der Waals surface area contributed by atoms with Crippen LogP contribution in [-0.2, 0) is 21.4 Å². The van der Waals surface area contributed by atoms with Crippen LogP contribution in [0.15, 0.2) is 90.1 Å². The maximum absolute atomic E-state index is 14.6. The normalized spacial score (nSPS) is 11.3. The van der Waals surface area contributed by atoms with Gasteiger partial charge in [0.2, 0.25) is 5.91 Å². The number of rotatable bonds is 8. The monoisotopic (exact) mass is 492 g/mol. The molecule has 1 aromatic heterocycles. The summed E-state index contributed by atoms with van der Waals surface area (Å²) in [5.41, 5.74) is 2.46. The molecule has 0 aliphatic heterocycles. The lowest BCUT2D eigenvalue weighted by molar-refractivity contribution is -0.119. The lowest BCUT2D eigenvalue weighted by Crippen LogP contribution is -2.41. The zero-order chi connectivity index (χ0) is 25.0. The zero-order valence-electron chi connectivity index (χ0n) is 19.3. The van der Waals surface area contributed by atoms with Crippen LogP contribution in [-0.4, -0.2) is 30.4 Å². The number of imidazole rings is 1. The van der Waals surface area contributed by atoms with Crippen molar-refractivity contribution in [2.75, 3.05) is 10.8 Å². The standard InChI is InChI=1S/C26H25FN4O3S/c1-19-7-13-23(14-8-19)35(33,34)31(25-6-4-3-5-24(25)27)18-26(32)29-17-21-9-11-22(12-10-21)30-16-15-28-20(30)2/h3-16H,17-18H2,1-2H3,(H,29,32). The Balaban J connectivity index is 1.51. The topological polar surface area (TPSA) is 84.3 Å². The van der Waals surface area contributed by atoms with Gasteiger partial charge in [-0.3, -0.25) is 9.10 Å². The van der Waals surface area contributed by atoms with Crippen molar-refractivity contribution >= 4 is 21.6 Å². The molecule has 7 nitrogen and oxygen atoms in total. The van der Waals surface area contributed by atoms with E-state index in [1.807, 2.05) is 48.9 Å². The largest absolute Gasteiger partial charge is 0.350 e. The molecule has 0 atom stereocenters. The van der Waals surface area contributed by atoms with Crippen molar-refractivity contribution < 1.29 is 17.6 Å². The number of carbonyl (C=O) groups excluding carboxylic acids is 1. The molecule has 9 heteroatoms. The summed E-state index contributed by atoms with van der Waals surface area (Å²) in [7, 11) is -4.18. The van der Waals surface area contributed by atoms with Crippen LogP contribution in [0.5, 0.6) is 0 Å². The molecule has 0 saturated heterocycles. The van der Waals surface area contributed by atoms with E-state index < -0.39 is 28.3 Å². The first-order chi connectivity index (χ1) is 16.8. The number of hydrogen-bond donors (Lipinski definition) is 1. The summed E-state index contributed by atoms with van der Waals surface area (Å²) >= 11 is 0. The number of hydrogen-bond acceptors (Lipinski definition) is 4. The van der Waals surface area contributed by atoms with Gasteiger partial charge in [0, 0.05) is 24.6 Å². The SMILES string of the molecule is Cc1ccc(S(=O)(=O)N(CC(=O)NCc2ccc(-n3ccnc3C)cc2)c2ccccc2F)cc1. The predicted molar refractivity (Wildman–Crippen MR) is 132 cm³/mol. The number of carbonyl (C=O) groups is 1. The molecule has 0 bridgehead atoms. The number of sulfonamides is 1. The van der Waals surface area contributed by atoms with Crippen LogP contribution >= 0.6 is 0 Å². The number of aromatic nitrogens is 2. The smallest absolute Gasteiger partial charge is 0.264 e. The Hall–Kier alpha value is -3.98. The first kappa shape index (κ1) is 24.2. The third-order valence-electron chi connectivity index (χ3n) is 5.55. The molecular weight excluding hydrogens is 467 g/mol. The number of amides is 1. The summed E-state index contributed by atoms with van der Waals surface area (Å²) in [6.45, 7) is 3.36. The van der Waals surface area contributed by atoms with Gasteiger partial charge in [-0.2, -0.15) is 0 Å². The predicted octanol–water partition coefficient (Wildman–Crippen LogP) is 4.14. The minimum Gasteiger partial charge on any atom is -0.350 e. The highest BCUT2D eigenvalue weighted by Crippen LogP contribution is 2.26. The molecule has 0 saturated carbocycles. The third-order valence-corrected chi connectivity index (χ3v) is 7.32. The van der Waals surface area contributed by atoms with Crippen molar-refractivity contribution in [1.82, 2.24) is 14.9 Å². The molecule has 0 fully saturated rings. The van der Waals surface area contributed by atoms with Gasteiger partial charge in [-0.15, -0.1) is 0 Å². The maximum atomic E-state index is 14.6. The van der Waals surface area contributed by atoms with Gasteiger partial charge in [0.05, 0.1) is 10.6 Å². The van der Waals surface area contributed by atoms with Crippen LogP contribution in [0, 0.1) is 19.7 Å². The van der Waals surface area contributed by atoms with E-state index in [0.717, 1.165) is 33.0 Å². The molecule has 180 valence electrons. The van der Waals surface area contributed by atoms with Crippen molar-refractivity contribution in [3.63, 3.8) is 0 Å². The Kier molecular flexibility index (Phi) is 6.97. The van der Waals surface area contributed by atoms with Crippen LogP contribution in [0.4, 0.5) is 10.1 Å². The average molecular weight is 493 g/mol. The zero-order valence-corrected chi connectivity index (χ0v) is 20.2. The fraction of sp³-hybridized carbons (Fsp3) is 0.154. The third kappa shape index (κ3) is 5.41. The molecule has 0 aliphatic carbocycles. The van der Waals surface area contributed by atoms with Gasteiger partial charge >= 0.3 is 0 Å². The molecule has 4 aromatic rings. The van der Waals surface area contributed by atoms with Gasteiger partial charge < -0.3 is 9.88 Å². The summed E-state index contributed by atoms with van der Waals surface area (Å²) in [5.74, 6) is -0.436. The molecule has 1 amide bonds. The van der Waals surface area contributed by atoms with E-state index in [4.69, 9.17) is 0 Å². The average Bonchev–Trinajstić information content (AvgIpc) is 3.28. The number of nitrogens with one attached hydrogen (secondary N) is 1. The van der Waals surface area contributed by atoms with Crippen LogP contribution in [0.1, 0.15) is 17.0 Å². The second kappa shape index (κ2) is 10.1. The van der Waals surface area contributed by atoms with E-state index in [2.05, 4.69) is 10.3 Å². The van der Waals surface area contributed by atoms with E-state index in [-0.39, 0.29) is 17.1 Å². The molecular formula is C26H25FN4O3S. The number of aryl methyl sites for hydroxylation is 2. The molecule has 0 aliphatic rings. The van der Waals surface area contributed by atoms with Crippen LogP contribution in [0.2, 0.25) is 0 Å². The number of anilines is 1. The summed E-state index contributed by atoms with van der Waals surface area (Å²) < 4.78 is 44.0. The quantitative estimate of drug-likeness (QED) is 0.401. The highest BCUT2D eigenvalue weighted by atomic mass is 32.2. The van der Waals surface area contributed by atoms with E-state index in [9.17, 15) is 17.6 Å². The molecule has 3 aromatic carbocycles. The Morgan fingerprint density at radius 2 is 1.69 bits per heavy atom. The first-order valence-corrected chi connectivity index (χ1v) is 12.4. The van der Waals surface area contributed by atoms with Gasteiger partial charge in [0.1, 0.15) is 18.2 Å². The lowest BCUT2D eigenvalue weighted by Gasteiger charge is -2.24. The molecule has 1 N–H and O–H groups in total. The Morgan fingerprint density at radius 1 is 1.00 bits per heavy atom. The number of para-hydroxylation sites is 1. The minimum atomic E-state index is -4.18. The van der Waals surface area contributed by atoms with E-state index in [1.54, 1.807) is 18.3 Å². The fourth-order valence-electron chi connectivity index (χ4n) is 3.60. The lowest BCUT2D eigenvalue weighted by atomic mass is 10.2. The fourth-order valence-corrected chi connectivity index (χ4v) is 5.03. The molecule has 0 spiro atoms. The second-order valence-corrected chi connectivity index (χ2v) is 9.93. The van der Waals surface area contributed by atoms with E-state index >= 15 is 0 Å². The molecule has 0 unspecified atom stereocenters. The first-order valence-electron chi connectivity index (χ1n) is 11.0. The van der Waals surface area contributed by atoms with Crippen LogP contribution < -0.4 is 9.62 Å². The van der Waals surface area contributed by atoms with E-state index in [1.165, 1.54) is 30.3 Å². The molecule has 35 heavy (non-hydrogen) atoms. The molecule has 1 heterocycles. The van der Waals surface area contributed by atoms with Crippen molar-refractivity contribution in [1.29, 1.82) is 0 Å². The van der Waals surface area contributed by atoms with Crippen LogP contribution in [0.25, 0.3) is 5.69 Å². The Labute approximate surface area is 203 Å². The number of benzene rings is 3. The Bertz CT molecular complexity index is 1430.